The fourth-order valence-electron chi connectivity index (χ4n) is 1.63. The van der Waals surface area contributed by atoms with Crippen LogP contribution >= 0.6 is 0 Å². The molecule has 4 nitrogen and oxygen atoms in total. The third kappa shape index (κ3) is 3.09. The van der Waals surface area contributed by atoms with Crippen molar-refractivity contribution in [2.75, 3.05) is 12.3 Å². The van der Waals surface area contributed by atoms with E-state index in [1.54, 1.807) is 12.3 Å². The van der Waals surface area contributed by atoms with E-state index in [1.807, 2.05) is 6.07 Å². The van der Waals surface area contributed by atoms with Crippen LogP contribution in [0.1, 0.15) is 17.4 Å². The van der Waals surface area contributed by atoms with E-state index in [2.05, 4.69) is 5.32 Å². The predicted octanol–water partition coefficient (Wildman–Crippen LogP) is 1.82. The summed E-state index contributed by atoms with van der Waals surface area (Å²) in [5, 5.41) is 12.9. The Bertz CT molecular complexity index is 500. The van der Waals surface area contributed by atoms with Crippen LogP contribution in [0.4, 0.5) is 10.1 Å². The monoisotopic (exact) mass is 250 g/mol. The number of nitrogens with two attached hydrogens (primary N) is 1. The van der Waals surface area contributed by atoms with Crippen LogP contribution < -0.4 is 11.1 Å². The summed E-state index contributed by atoms with van der Waals surface area (Å²) in [6.45, 7) is 0.868. The zero-order chi connectivity index (χ0) is 13.0. The fraction of sp³-hybridized carbons (Fsp3) is 0.231. The van der Waals surface area contributed by atoms with E-state index in [1.165, 1.54) is 18.2 Å². The molecule has 1 aromatic carbocycles. The first kappa shape index (κ1) is 12.6. The average molecular weight is 250 g/mol. The third-order valence-corrected chi connectivity index (χ3v) is 2.62. The molecule has 0 aliphatic carbocycles. The van der Waals surface area contributed by atoms with Gasteiger partial charge >= 0.3 is 0 Å². The van der Waals surface area contributed by atoms with Crippen LogP contribution in [0.2, 0.25) is 0 Å². The number of hydrogen-bond donors (Lipinski definition) is 3. The molecule has 1 atom stereocenters. The lowest BCUT2D eigenvalue weighted by Gasteiger charge is -2.12. The molecule has 1 unspecified atom stereocenters. The second-order valence-corrected chi connectivity index (χ2v) is 4.01. The summed E-state index contributed by atoms with van der Waals surface area (Å²) in [4.78, 5) is 0. The molecule has 0 radical (unpaired) electrons. The molecule has 96 valence electrons. The van der Waals surface area contributed by atoms with Gasteiger partial charge in [0.25, 0.3) is 0 Å². The Hall–Kier alpha value is -1.85. The standard InChI is InChI=1S/C13H15FN2O2/c14-11-4-3-9(6-12(11)15)13(17)8-16-7-10-2-1-5-18-10/h1-6,13,16-17H,7-8,15H2. The molecule has 5 heteroatoms. The minimum atomic E-state index is -0.733. The second-order valence-electron chi connectivity index (χ2n) is 4.01. The molecule has 0 fully saturated rings. The van der Waals surface area contributed by atoms with E-state index in [4.69, 9.17) is 10.2 Å². The lowest BCUT2D eigenvalue weighted by molar-refractivity contribution is 0.173. The molecule has 0 aliphatic rings. The molecule has 2 rings (SSSR count). The van der Waals surface area contributed by atoms with Crippen LogP contribution in [0.25, 0.3) is 0 Å². The number of furan rings is 1. The molecule has 0 amide bonds. The lowest BCUT2D eigenvalue weighted by atomic mass is 10.1. The van der Waals surface area contributed by atoms with Gasteiger partial charge in [0.2, 0.25) is 0 Å². The van der Waals surface area contributed by atoms with Crippen molar-refractivity contribution in [2.24, 2.45) is 0 Å². The summed E-state index contributed by atoms with van der Waals surface area (Å²) >= 11 is 0. The highest BCUT2D eigenvalue weighted by Gasteiger charge is 2.09. The van der Waals surface area contributed by atoms with Crippen molar-refractivity contribution < 1.29 is 13.9 Å². The zero-order valence-corrected chi connectivity index (χ0v) is 9.77. The number of hydrogen-bond acceptors (Lipinski definition) is 4. The molecule has 18 heavy (non-hydrogen) atoms. The molecular formula is C13H15FN2O2. The van der Waals surface area contributed by atoms with E-state index in [-0.39, 0.29) is 5.69 Å². The SMILES string of the molecule is Nc1cc(C(O)CNCc2ccco2)ccc1F. The number of aliphatic hydroxyl groups excluding tert-OH is 1. The first-order chi connectivity index (χ1) is 8.66. The molecule has 0 spiro atoms. The maximum absolute atomic E-state index is 13.0. The van der Waals surface area contributed by atoms with Crippen LogP contribution in [-0.2, 0) is 6.54 Å². The van der Waals surface area contributed by atoms with Crippen molar-refractivity contribution in [3.63, 3.8) is 0 Å². The van der Waals surface area contributed by atoms with Crippen LogP contribution in [0.15, 0.2) is 41.0 Å². The van der Waals surface area contributed by atoms with Crippen molar-refractivity contribution in [2.45, 2.75) is 12.6 Å². The summed E-state index contributed by atoms with van der Waals surface area (Å²) in [5.74, 6) is 0.315. The van der Waals surface area contributed by atoms with Gasteiger partial charge in [-0.05, 0) is 29.8 Å². The Kier molecular flexibility index (Phi) is 3.96. The van der Waals surface area contributed by atoms with Gasteiger partial charge in [0.05, 0.1) is 24.6 Å². The highest BCUT2D eigenvalue weighted by atomic mass is 19.1. The number of anilines is 1. The van der Waals surface area contributed by atoms with E-state index >= 15 is 0 Å². The Labute approximate surface area is 104 Å². The molecule has 1 heterocycles. The minimum Gasteiger partial charge on any atom is -0.468 e. The van der Waals surface area contributed by atoms with Gasteiger partial charge in [-0.1, -0.05) is 6.07 Å². The lowest BCUT2D eigenvalue weighted by Crippen LogP contribution is -2.21. The highest BCUT2D eigenvalue weighted by molar-refractivity contribution is 5.43. The number of nitrogens with one attached hydrogen (secondary N) is 1. The third-order valence-electron chi connectivity index (χ3n) is 2.62. The zero-order valence-electron chi connectivity index (χ0n) is 9.77. The maximum atomic E-state index is 13.0. The maximum Gasteiger partial charge on any atom is 0.146 e. The van der Waals surface area contributed by atoms with E-state index in [0.29, 0.717) is 18.7 Å². The van der Waals surface area contributed by atoms with Crippen molar-refractivity contribution in [3.8, 4) is 0 Å². The van der Waals surface area contributed by atoms with Gasteiger partial charge in [0, 0.05) is 6.54 Å². The van der Waals surface area contributed by atoms with Gasteiger partial charge in [-0.25, -0.2) is 4.39 Å². The summed E-state index contributed by atoms with van der Waals surface area (Å²) in [5.41, 5.74) is 6.07. The van der Waals surface area contributed by atoms with Gasteiger partial charge in [0.1, 0.15) is 11.6 Å². The Balaban J connectivity index is 1.87. The van der Waals surface area contributed by atoms with Crippen molar-refractivity contribution >= 4 is 5.69 Å². The molecular weight excluding hydrogens is 235 g/mol. The number of rotatable bonds is 5. The summed E-state index contributed by atoms with van der Waals surface area (Å²) in [6, 6.07) is 7.85. The van der Waals surface area contributed by atoms with Gasteiger partial charge < -0.3 is 20.6 Å². The fourth-order valence-corrected chi connectivity index (χ4v) is 1.63. The molecule has 0 saturated heterocycles. The number of nitrogen functional groups attached to an aromatic ring is 1. The first-order valence-corrected chi connectivity index (χ1v) is 5.63. The Morgan fingerprint density at radius 2 is 2.22 bits per heavy atom. The van der Waals surface area contributed by atoms with Crippen molar-refractivity contribution in [1.29, 1.82) is 0 Å². The highest BCUT2D eigenvalue weighted by Crippen LogP contribution is 2.18. The Morgan fingerprint density at radius 3 is 2.89 bits per heavy atom. The summed E-state index contributed by atoms with van der Waals surface area (Å²) < 4.78 is 18.1. The van der Waals surface area contributed by atoms with Gasteiger partial charge in [-0.2, -0.15) is 0 Å². The number of halogens is 1. The average Bonchev–Trinajstić information content (AvgIpc) is 2.85. The van der Waals surface area contributed by atoms with Gasteiger partial charge in [-0.3, -0.25) is 0 Å². The molecule has 0 bridgehead atoms. The molecule has 1 aromatic heterocycles. The van der Waals surface area contributed by atoms with Crippen LogP contribution in [-0.4, -0.2) is 11.7 Å². The molecule has 4 N–H and O–H groups in total. The normalized spacial score (nSPS) is 12.6. The topological polar surface area (TPSA) is 71.4 Å². The summed E-state index contributed by atoms with van der Waals surface area (Å²) in [7, 11) is 0. The van der Waals surface area contributed by atoms with Crippen molar-refractivity contribution in [3.05, 3.63) is 53.7 Å². The van der Waals surface area contributed by atoms with Crippen molar-refractivity contribution in [1.82, 2.24) is 5.32 Å². The van der Waals surface area contributed by atoms with Gasteiger partial charge in [0.15, 0.2) is 0 Å². The van der Waals surface area contributed by atoms with E-state index in [0.717, 1.165) is 5.76 Å². The van der Waals surface area contributed by atoms with Crippen LogP contribution in [0.5, 0.6) is 0 Å². The minimum absolute atomic E-state index is 0.0394. The first-order valence-electron chi connectivity index (χ1n) is 5.63. The summed E-state index contributed by atoms with van der Waals surface area (Å²) in [6.07, 6.45) is 0.858. The number of benzene rings is 1. The van der Waals surface area contributed by atoms with Crippen LogP contribution in [0.3, 0.4) is 0 Å². The van der Waals surface area contributed by atoms with E-state index < -0.39 is 11.9 Å². The predicted molar refractivity (Wildman–Crippen MR) is 66.2 cm³/mol. The molecule has 0 saturated carbocycles. The quantitative estimate of drug-likeness (QED) is 0.708. The van der Waals surface area contributed by atoms with Gasteiger partial charge in [-0.15, -0.1) is 0 Å². The Morgan fingerprint density at radius 1 is 1.39 bits per heavy atom. The molecule has 0 aliphatic heterocycles. The smallest absolute Gasteiger partial charge is 0.146 e. The van der Waals surface area contributed by atoms with E-state index in [9.17, 15) is 9.50 Å². The number of aliphatic hydroxyl groups is 1. The largest absolute Gasteiger partial charge is 0.468 e. The van der Waals surface area contributed by atoms with Crippen LogP contribution in [0, 0.1) is 5.82 Å². The second kappa shape index (κ2) is 5.66. The molecule has 2 aromatic rings.